The molecule has 0 aromatic heterocycles. The molecule has 0 aliphatic carbocycles. The summed E-state index contributed by atoms with van der Waals surface area (Å²) in [5, 5.41) is 9.07. The number of carboxylic acids is 1. The normalized spacial score (nSPS) is 17.0. The van der Waals surface area contributed by atoms with E-state index < -0.39 is 11.9 Å². The summed E-state index contributed by atoms with van der Waals surface area (Å²) in [6.45, 7) is 2.26. The fraction of sp³-hybridized carbons (Fsp3) is 0.263. The van der Waals surface area contributed by atoms with Crippen LogP contribution in [0.4, 0.5) is 10.1 Å². The number of rotatable bonds is 5. The minimum absolute atomic E-state index is 0.0200. The van der Waals surface area contributed by atoms with Crippen LogP contribution in [0.15, 0.2) is 42.5 Å². The first-order valence-corrected chi connectivity index (χ1v) is 7.95. The molecule has 0 spiro atoms. The number of halogens is 1. The third-order valence-electron chi connectivity index (χ3n) is 4.23. The smallest absolute Gasteiger partial charge is 0.308 e. The van der Waals surface area contributed by atoms with E-state index in [0.717, 1.165) is 11.1 Å². The van der Waals surface area contributed by atoms with Gasteiger partial charge in [-0.2, -0.15) is 0 Å². The molecule has 2 aromatic carbocycles. The maximum atomic E-state index is 13.2. The van der Waals surface area contributed by atoms with Crippen LogP contribution in [0.5, 0.6) is 5.75 Å². The average molecular weight is 343 g/mol. The second-order valence-corrected chi connectivity index (χ2v) is 6.11. The highest BCUT2D eigenvalue weighted by Crippen LogP contribution is 2.29. The number of carbonyl (C=O) groups is 2. The molecule has 1 fully saturated rings. The lowest BCUT2D eigenvalue weighted by molar-refractivity contribution is -0.141. The first-order chi connectivity index (χ1) is 11.9. The number of carbonyl (C=O) groups excluding carboxylic acids is 1. The highest BCUT2D eigenvalue weighted by atomic mass is 19.1. The van der Waals surface area contributed by atoms with E-state index in [1.165, 1.54) is 17.0 Å². The standard InChI is InChI=1S/C19H18FNO4/c1-12-7-16(21-10-14(19(23)24)9-18(21)22)5-6-17(12)25-11-13-3-2-4-15(20)8-13/h2-8,14H,9-11H2,1H3,(H,23,24). The van der Waals surface area contributed by atoms with Crippen molar-refractivity contribution in [1.29, 1.82) is 0 Å². The summed E-state index contributed by atoms with van der Waals surface area (Å²) in [6.07, 6.45) is 0.0200. The molecule has 0 radical (unpaired) electrons. The average Bonchev–Trinajstić information content (AvgIpc) is 2.96. The van der Waals surface area contributed by atoms with Crippen molar-refractivity contribution in [2.45, 2.75) is 20.0 Å². The van der Waals surface area contributed by atoms with Gasteiger partial charge >= 0.3 is 5.97 Å². The van der Waals surface area contributed by atoms with Gasteiger partial charge in [0.05, 0.1) is 5.92 Å². The number of anilines is 1. The van der Waals surface area contributed by atoms with Crippen molar-refractivity contribution >= 4 is 17.6 Å². The van der Waals surface area contributed by atoms with E-state index in [2.05, 4.69) is 0 Å². The van der Waals surface area contributed by atoms with Gasteiger partial charge in [0, 0.05) is 18.7 Å². The predicted octanol–water partition coefficient (Wildman–Crippen LogP) is 3.15. The number of aryl methyl sites for hydroxylation is 1. The molecule has 3 rings (SSSR count). The molecule has 1 aliphatic rings. The lowest BCUT2D eigenvalue weighted by atomic mass is 10.1. The van der Waals surface area contributed by atoms with E-state index in [9.17, 15) is 14.0 Å². The quantitative estimate of drug-likeness (QED) is 0.906. The maximum absolute atomic E-state index is 13.2. The number of hydrogen-bond donors (Lipinski definition) is 1. The van der Waals surface area contributed by atoms with Crippen LogP contribution >= 0.6 is 0 Å². The SMILES string of the molecule is Cc1cc(N2CC(C(=O)O)CC2=O)ccc1OCc1cccc(F)c1. The van der Waals surface area contributed by atoms with Gasteiger partial charge in [0.2, 0.25) is 5.91 Å². The molecule has 6 heteroatoms. The van der Waals surface area contributed by atoms with Crippen molar-refractivity contribution in [1.82, 2.24) is 0 Å². The van der Waals surface area contributed by atoms with E-state index in [0.29, 0.717) is 11.4 Å². The summed E-state index contributed by atoms with van der Waals surface area (Å²) < 4.78 is 18.9. The van der Waals surface area contributed by atoms with Gasteiger partial charge in [-0.25, -0.2) is 4.39 Å². The van der Waals surface area contributed by atoms with Crippen LogP contribution in [0.2, 0.25) is 0 Å². The Balaban J connectivity index is 1.71. The number of nitrogens with zero attached hydrogens (tertiary/aromatic N) is 1. The zero-order valence-corrected chi connectivity index (χ0v) is 13.7. The molecule has 1 amide bonds. The fourth-order valence-electron chi connectivity index (χ4n) is 2.87. The number of hydrogen-bond acceptors (Lipinski definition) is 3. The van der Waals surface area contributed by atoms with Crippen molar-refractivity contribution < 1.29 is 23.8 Å². The third kappa shape index (κ3) is 3.79. The van der Waals surface area contributed by atoms with E-state index >= 15 is 0 Å². The largest absolute Gasteiger partial charge is 0.489 e. The topological polar surface area (TPSA) is 66.8 Å². The monoisotopic (exact) mass is 343 g/mol. The molecular weight excluding hydrogens is 325 g/mol. The molecule has 1 aliphatic heterocycles. The van der Waals surface area contributed by atoms with Gasteiger partial charge in [-0.1, -0.05) is 12.1 Å². The Kier molecular flexibility index (Phi) is 4.70. The predicted molar refractivity (Wildman–Crippen MR) is 90.0 cm³/mol. The molecule has 130 valence electrons. The highest BCUT2D eigenvalue weighted by molar-refractivity contribution is 5.99. The minimum atomic E-state index is -0.956. The van der Waals surface area contributed by atoms with Gasteiger partial charge in [-0.15, -0.1) is 0 Å². The Labute approximate surface area is 144 Å². The van der Waals surface area contributed by atoms with E-state index in [4.69, 9.17) is 9.84 Å². The molecule has 1 atom stereocenters. The molecule has 1 saturated heterocycles. The van der Waals surface area contributed by atoms with Gasteiger partial charge in [-0.05, 0) is 48.4 Å². The number of benzene rings is 2. The minimum Gasteiger partial charge on any atom is -0.489 e. The van der Waals surface area contributed by atoms with Crippen molar-refractivity contribution in [2.75, 3.05) is 11.4 Å². The summed E-state index contributed by atoms with van der Waals surface area (Å²) >= 11 is 0. The Morgan fingerprint density at radius 1 is 1.32 bits per heavy atom. The van der Waals surface area contributed by atoms with Crippen molar-refractivity contribution in [3.05, 3.63) is 59.4 Å². The highest BCUT2D eigenvalue weighted by Gasteiger charge is 2.35. The van der Waals surface area contributed by atoms with Gasteiger partial charge in [-0.3, -0.25) is 9.59 Å². The van der Waals surface area contributed by atoms with Gasteiger partial charge < -0.3 is 14.7 Å². The molecule has 1 unspecified atom stereocenters. The van der Waals surface area contributed by atoms with Crippen LogP contribution in [0.3, 0.4) is 0 Å². The summed E-state index contributed by atoms with van der Waals surface area (Å²) in [4.78, 5) is 24.6. The molecule has 0 saturated carbocycles. The number of amides is 1. The maximum Gasteiger partial charge on any atom is 0.308 e. The lowest BCUT2D eigenvalue weighted by Crippen LogP contribution is -2.25. The second-order valence-electron chi connectivity index (χ2n) is 6.11. The number of aliphatic carboxylic acids is 1. The molecular formula is C19H18FNO4. The summed E-state index contributed by atoms with van der Waals surface area (Å²) in [5.74, 6) is -1.50. The van der Waals surface area contributed by atoms with Crippen LogP contribution in [-0.2, 0) is 16.2 Å². The number of carboxylic acid groups (broad SMARTS) is 1. The van der Waals surface area contributed by atoms with Crippen LogP contribution in [-0.4, -0.2) is 23.5 Å². The lowest BCUT2D eigenvalue weighted by Gasteiger charge is -2.18. The van der Waals surface area contributed by atoms with Crippen molar-refractivity contribution in [2.24, 2.45) is 5.92 Å². The molecule has 5 nitrogen and oxygen atoms in total. The fourth-order valence-corrected chi connectivity index (χ4v) is 2.87. The summed E-state index contributed by atoms with van der Waals surface area (Å²) in [7, 11) is 0. The van der Waals surface area contributed by atoms with Crippen molar-refractivity contribution in [3.63, 3.8) is 0 Å². The second kappa shape index (κ2) is 6.93. The Hall–Kier alpha value is -2.89. The Morgan fingerprint density at radius 3 is 2.76 bits per heavy atom. The Morgan fingerprint density at radius 2 is 2.12 bits per heavy atom. The third-order valence-corrected chi connectivity index (χ3v) is 4.23. The summed E-state index contributed by atoms with van der Waals surface area (Å²) in [5.41, 5.74) is 2.20. The van der Waals surface area contributed by atoms with Crippen LogP contribution in [0, 0.1) is 18.7 Å². The zero-order valence-electron chi connectivity index (χ0n) is 13.7. The first-order valence-electron chi connectivity index (χ1n) is 7.95. The molecule has 0 bridgehead atoms. The van der Waals surface area contributed by atoms with Crippen molar-refractivity contribution in [3.8, 4) is 5.75 Å². The van der Waals surface area contributed by atoms with E-state index in [-0.39, 0.29) is 31.3 Å². The van der Waals surface area contributed by atoms with Crippen LogP contribution < -0.4 is 9.64 Å². The van der Waals surface area contributed by atoms with E-state index in [1.807, 2.05) is 6.92 Å². The van der Waals surface area contributed by atoms with Crippen LogP contribution in [0.1, 0.15) is 17.5 Å². The summed E-state index contributed by atoms with van der Waals surface area (Å²) in [6, 6.07) is 11.5. The molecule has 2 aromatic rings. The molecule has 1 N–H and O–H groups in total. The Bertz CT molecular complexity index is 821. The first kappa shape index (κ1) is 17.0. The van der Waals surface area contributed by atoms with Crippen LogP contribution in [0.25, 0.3) is 0 Å². The zero-order chi connectivity index (χ0) is 18.0. The van der Waals surface area contributed by atoms with E-state index in [1.54, 1.807) is 30.3 Å². The molecule has 25 heavy (non-hydrogen) atoms. The molecule has 1 heterocycles. The number of ether oxygens (including phenoxy) is 1. The van der Waals surface area contributed by atoms with Gasteiger partial charge in [0.15, 0.2) is 0 Å². The van der Waals surface area contributed by atoms with Gasteiger partial charge in [0.1, 0.15) is 18.2 Å². The van der Waals surface area contributed by atoms with Gasteiger partial charge in [0.25, 0.3) is 0 Å².